The molecule has 12 aromatic rings. The largest absolute Gasteiger partial charge is 0.454 e. The molecule has 0 saturated heterocycles. The lowest BCUT2D eigenvalue weighted by atomic mass is 9.98. The van der Waals surface area contributed by atoms with Gasteiger partial charge in [0.2, 0.25) is 0 Å². The van der Waals surface area contributed by atoms with Gasteiger partial charge in [0, 0.05) is 38.0 Å². The van der Waals surface area contributed by atoms with Crippen molar-refractivity contribution in [2.24, 2.45) is 0 Å². The maximum Gasteiger partial charge on any atom is 0.160 e. The molecule has 0 radical (unpaired) electrons. The Bertz CT molecular complexity index is 3490. The van der Waals surface area contributed by atoms with E-state index in [1.165, 1.54) is 71.3 Å². The highest BCUT2D eigenvalue weighted by atomic mass is 16.3. The normalized spacial score (nSPS) is 12.0. The maximum atomic E-state index is 6.77. The van der Waals surface area contributed by atoms with Crippen molar-refractivity contribution in [3.05, 3.63) is 194 Å². The average Bonchev–Trinajstić information content (AvgIpc) is 3.91. The van der Waals surface area contributed by atoms with E-state index in [0.717, 1.165) is 38.7 Å². The third-order valence-corrected chi connectivity index (χ3v) is 11.5. The van der Waals surface area contributed by atoms with Crippen LogP contribution < -0.4 is 0 Å². The molecule has 0 aliphatic rings. The van der Waals surface area contributed by atoms with Gasteiger partial charge in [-0.15, -0.1) is 0 Å². The van der Waals surface area contributed by atoms with Gasteiger partial charge in [0.1, 0.15) is 5.58 Å². The van der Waals surface area contributed by atoms with Crippen LogP contribution in [0.5, 0.6) is 0 Å². The van der Waals surface area contributed by atoms with Gasteiger partial charge in [0.25, 0.3) is 0 Å². The highest BCUT2D eigenvalue weighted by molar-refractivity contribution is 6.17. The van der Waals surface area contributed by atoms with Crippen LogP contribution in [-0.4, -0.2) is 9.13 Å². The molecule has 0 N–H and O–H groups in total. The molecule has 3 aromatic heterocycles. The summed E-state index contributed by atoms with van der Waals surface area (Å²) in [4.78, 5) is 0. The van der Waals surface area contributed by atoms with Crippen molar-refractivity contribution in [3.63, 3.8) is 0 Å². The van der Waals surface area contributed by atoms with Gasteiger partial charge >= 0.3 is 0 Å². The average molecular weight is 701 g/mol. The van der Waals surface area contributed by atoms with Crippen LogP contribution in [-0.2, 0) is 0 Å². The van der Waals surface area contributed by atoms with Gasteiger partial charge in [-0.2, -0.15) is 0 Å². The van der Waals surface area contributed by atoms with Crippen molar-refractivity contribution in [1.82, 2.24) is 9.13 Å². The number of benzene rings is 9. The number of nitrogens with zero attached hydrogens (tertiary/aromatic N) is 2. The topological polar surface area (TPSA) is 23.0 Å². The molecule has 9 aromatic carbocycles. The van der Waals surface area contributed by atoms with Crippen molar-refractivity contribution in [1.29, 1.82) is 0 Å². The zero-order valence-electron chi connectivity index (χ0n) is 29.8. The summed E-state index contributed by atoms with van der Waals surface area (Å²) in [6, 6.07) is 70.2. The molecular weight excluding hydrogens is 669 g/mol. The van der Waals surface area contributed by atoms with Crippen LogP contribution in [0.3, 0.4) is 0 Å². The Hall–Kier alpha value is -7.36. The smallest absolute Gasteiger partial charge is 0.160 e. The molecule has 256 valence electrons. The van der Waals surface area contributed by atoms with Gasteiger partial charge in [-0.25, -0.2) is 0 Å². The fraction of sp³-hybridized carbons (Fsp3) is 0. The first kappa shape index (κ1) is 30.1. The summed E-state index contributed by atoms with van der Waals surface area (Å²) in [5, 5.41) is 9.67. The fourth-order valence-electron chi connectivity index (χ4n) is 9.01. The molecule has 0 amide bonds. The van der Waals surface area contributed by atoms with Gasteiger partial charge in [0.15, 0.2) is 5.58 Å². The van der Waals surface area contributed by atoms with Crippen LogP contribution in [0.1, 0.15) is 0 Å². The van der Waals surface area contributed by atoms with E-state index in [2.05, 4.69) is 197 Å². The summed E-state index contributed by atoms with van der Waals surface area (Å²) in [7, 11) is 0. The number of rotatable bonds is 4. The highest BCUT2D eigenvalue weighted by Crippen LogP contribution is 2.43. The molecular formula is C52H32N2O. The van der Waals surface area contributed by atoms with Crippen LogP contribution >= 0.6 is 0 Å². The van der Waals surface area contributed by atoms with Gasteiger partial charge in [-0.1, -0.05) is 133 Å². The summed E-state index contributed by atoms with van der Waals surface area (Å²) < 4.78 is 11.6. The van der Waals surface area contributed by atoms with Crippen molar-refractivity contribution in [2.75, 3.05) is 0 Å². The Balaban J connectivity index is 1.06. The predicted octanol–water partition coefficient (Wildman–Crippen LogP) is 14.3. The third kappa shape index (κ3) is 4.44. The van der Waals surface area contributed by atoms with Crippen molar-refractivity contribution in [2.45, 2.75) is 0 Å². The van der Waals surface area contributed by atoms with Crippen LogP contribution in [0.25, 0.3) is 110 Å². The highest BCUT2D eigenvalue weighted by Gasteiger charge is 2.21. The third-order valence-electron chi connectivity index (χ3n) is 11.5. The molecule has 12 rings (SSSR count). The minimum Gasteiger partial charge on any atom is -0.454 e. The minimum atomic E-state index is 0.891. The molecule has 0 aliphatic carbocycles. The zero-order chi connectivity index (χ0) is 36.0. The molecule has 3 nitrogen and oxygen atoms in total. The summed E-state index contributed by atoms with van der Waals surface area (Å²) in [5.41, 5.74) is 13.4. The van der Waals surface area contributed by atoms with Crippen LogP contribution in [0.2, 0.25) is 0 Å². The summed E-state index contributed by atoms with van der Waals surface area (Å²) in [6.07, 6.45) is 0. The zero-order valence-corrected chi connectivity index (χ0v) is 29.8. The van der Waals surface area contributed by atoms with Gasteiger partial charge < -0.3 is 13.6 Å². The molecule has 3 heterocycles. The SMILES string of the molecule is c1ccc(-c2ccc(-n3c4ccccc4c4cc(-c5ccc6c(c5)c5ccccc5n6-c5ccc6ccccc6c5)ccc43)c3oc4ccccc4c23)cc1. The van der Waals surface area contributed by atoms with E-state index in [1.54, 1.807) is 0 Å². The minimum absolute atomic E-state index is 0.891. The Morgan fingerprint density at radius 2 is 0.927 bits per heavy atom. The molecule has 0 aliphatic heterocycles. The number of hydrogen-bond donors (Lipinski definition) is 0. The summed E-state index contributed by atoms with van der Waals surface area (Å²) in [5.74, 6) is 0. The Morgan fingerprint density at radius 3 is 1.67 bits per heavy atom. The van der Waals surface area contributed by atoms with E-state index < -0.39 is 0 Å². The van der Waals surface area contributed by atoms with E-state index in [1.807, 2.05) is 6.07 Å². The molecule has 3 heteroatoms. The van der Waals surface area contributed by atoms with E-state index in [9.17, 15) is 0 Å². The summed E-state index contributed by atoms with van der Waals surface area (Å²) in [6.45, 7) is 0. The quantitative estimate of drug-likeness (QED) is 0.179. The van der Waals surface area contributed by atoms with Crippen LogP contribution in [0.15, 0.2) is 199 Å². The van der Waals surface area contributed by atoms with Crippen LogP contribution in [0, 0.1) is 0 Å². The summed E-state index contributed by atoms with van der Waals surface area (Å²) >= 11 is 0. The number of hydrogen-bond acceptors (Lipinski definition) is 1. The lowest BCUT2D eigenvalue weighted by Crippen LogP contribution is -1.95. The monoisotopic (exact) mass is 700 g/mol. The molecule has 55 heavy (non-hydrogen) atoms. The van der Waals surface area contributed by atoms with Crippen molar-refractivity contribution >= 4 is 76.3 Å². The van der Waals surface area contributed by atoms with Gasteiger partial charge in [-0.3, -0.25) is 0 Å². The van der Waals surface area contributed by atoms with Crippen LogP contribution in [0.4, 0.5) is 0 Å². The maximum absolute atomic E-state index is 6.77. The predicted molar refractivity (Wildman–Crippen MR) is 231 cm³/mol. The molecule has 0 unspecified atom stereocenters. The van der Waals surface area contributed by atoms with Crippen molar-refractivity contribution < 1.29 is 4.42 Å². The van der Waals surface area contributed by atoms with Crippen molar-refractivity contribution in [3.8, 4) is 33.6 Å². The second-order valence-electron chi connectivity index (χ2n) is 14.5. The lowest BCUT2D eigenvalue weighted by molar-refractivity contribution is 0.666. The first-order valence-corrected chi connectivity index (χ1v) is 18.8. The number of aromatic nitrogens is 2. The number of fused-ring (bicyclic) bond motifs is 10. The molecule has 0 bridgehead atoms. The fourth-order valence-corrected chi connectivity index (χ4v) is 9.01. The molecule has 0 fully saturated rings. The van der Waals surface area contributed by atoms with E-state index in [-0.39, 0.29) is 0 Å². The van der Waals surface area contributed by atoms with E-state index >= 15 is 0 Å². The molecule has 0 saturated carbocycles. The second kappa shape index (κ2) is 11.6. The van der Waals surface area contributed by atoms with Gasteiger partial charge in [0.05, 0.1) is 27.8 Å². The first-order valence-electron chi connectivity index (χ1n) is 18.8. The lowest BCUT2D eigenvalue weighted by Gasteiger charge is -2.12. The number of para-hydroxylation sites is 3. The Labute approximate surface area is 316 Å². The first-order chi connectivity index (χ1) is 27.3. The van der Waals surface area contributed by atoms with Gasteiger partial charge in [-0.05, 0) is 93.7 Å². The number of furan rings is 1. The molecule has 0 atom stereocenters. The Kier molecular flexibility index (Phi) is 6.34. The van der Waals surface area contributed by atoms with E-state index in [0.29, 0.717) is 0 Å². The second-order valence-corrected chi connectivity index (χ2v) is 14.5. The standard InChI is InChI=1S/C52H32N2O/c1-2-13-34(14-3-1)39-26-29-49(52-51(39)42-18-8-11-21-50(42)55-52)54-46-20-10-7-17-41(46)44-32-37(24-28-48(44)54)36-23-27-47-43(31-36)40-16-6-9-19-45(40)53(47)38-25-22-33-12-4-5-15-35(33)30-38/h1-32H. The Morgan fingerprint density at radius 1 is 0.345 bits per heavy atom. The van der Waals surface area contributed by atoms with E-state index in [4.69, 9.17) is 4.42 Å². The molecule has 0 spiro atoms.